The molecular formula is C11H18ClN5O2. The van der Waals surface area contributed by atoms with E-state index in [1.165, 1.54) is 0 Å². The summed E-state index contributed by atoms with van der Waals surface area (Å²) in [6.07, 6.45) is 0. The lowest BCUT2D eigenvalue weighted by Crippen LogP contribution is -2.37. The molecule has 8 heteroatoms. The van der Waals surface area contributed by atoms with Crippen molar-refractivity contribution in [3.8, 4) is 6.01 Å². The Morgan fingerprint density at radius 3 is 2.68 bits per heavy atom. The first kappa shape index (κ1) is 14.2. The van der Waals surface area contributed by atoms with Crippen LogP contribution in [0.15, 0.2) is 0 Å². The number of likely N-dealkylation sites (N-methyl/N-ethyl adjacent to an activating group) is 1. The maximum absolute atomic E-state index is 5.90. The van der Waals surface area contributed by atoms with Crippen molar-refractivity contribution in [2.45, 2.75) is 0 Å². The van der Waals surface area contributed by atoms with E-state index in [1.54, 1.807) is 0 Å². The number of nitrogens with zero attached hydrogens (tertiary/aromatic N) is 5. The number of aromatic nitrogens is 3. The maximum atomic E-state index is 5.90. The Morgan fingerprint density at radius 2 is 2.00 bits per heavy atom. The van der Waals surface area contributed by atoms with Crippen LogP contribution in [-0.4, -0.2) is 73.4 Å². The second-order valence-corrected chi connectivity index (χ2v) is 4.78. The topological polar surface area (TPSA) is 63.6 Å². The molecule has 19 heavy (non-hydrogen) atoms. The van der Waals surface area contributed by atoms with Gasteiger partial charge in [-0.3, -0.25) is 0 Å². The smallest absolute Gasteiger partial charge is 0.322 e. The van der Waals surface area contributed by atoms with Gasteiger partial charge in [0.1, 0.15) is 6.61 Å². The first-order valence-electron chi connectivity index (χ1n) is 6.17. The van der Waals surface area contributed by atoms with E-state index in [0.29, 0.717) is 25.8 Å². The van der Waals surface area contributed by atoms with Gasteiger partial charge in [-0.25, -0.2) is 0 Å². The Labute approximate surface area is 117 Å². The van der Waals surface area contributed by atoms with Gasteiger partial charge in [-0.15, -0.1) is 0 Å². The minimum Gasteiger partial charge on any atom is -0.462 e. The Balaban J connectivity index is 2.01. The van der Waals surface area contributed by atoms with E-state index in [-0.39, 0.29) is 11.3 Å². The van der Waals surface area contributed by atoms with Gasteiger partial charge in [0.2, 0.25) is 11.2 Å². The van der Waals surface area contributed by atoms with Crippen molar-refractivity contribution >= 4 is 17.5 Å². The van der Waals surface area contributed by atoms with Crippen molar-refractivity contribution < 1.29 is 9.47 Å². The zero-order chi connectivity index (χ0) is 13.7. The third-order valence-electron chi connectivity index (χ3n) is 2.64. The van der Waals surface area contributed by atoms with Crippen LogP contribution in [-0.2, 0) is 4.74 Å². The Morgan fingerprint density at radius 1 is 1.26 bits per heavy atom. The molecule has 0 saturated carbocycles. The summed E-state index contributed by atoms with van der Waals surface area (Å²) in [6.45, 7) is 4.13. The third-order valence-corrected chi connectivity index (χ3v) is 2.81. The summed E-state index contributed by atoms with van der Waals surface area (Å²) >= 11 is 5.90. The van der Waals surface area contributed by atoms with Crippen molar-refractivity contribution in [2.75, 3.05) is 58.5 Å². The standard InChI is InChI=1S/C11H18ClN5O2/c1-16(2)3-8-19-11-14-9(12)13-10(15-11)17-4-6-18-7-5-17/h3-8H2,1-2H3. The highest BCUT2D eigenvalue weighted by Crippen LogP contribution is 2.16. The summed E-state index contributed by atoms with van der Waals surface area (Å²) in [5.74, 6) is 0.545. The number of hydrogen-bond acceptors (Lipinski definition) is 7. The van der Waals surface area contributed by atoms with E-state index in [9.17, 15) is 0 Å². The minimum absolute atomic E-state index is 0.149. The van der Waals surface area contributed by atoms with Crippen molar-refractivity contribution in [1.29, 1.82) is 0 Å². The summed E-state index contributed by atoms with van der Waals surface area (Å²) in [7, 11) is 3.95. The first-order valence-corrected chi connectivity index (χ1v) is 6.55. The Bertz CT molecular complexity index is 412. The minimum atomic E-state index is 0.149. The quantitative estimate of drug-likeness (QED) is 0.772. The van der Waals surface area contributed by atoms with Crippen LogP contribution in [0.1, 0.15) is 0 Å². The molecule has 0 N–H and O–H groups in total. The molecule has 0 unspecified atom stereocenters. The fraction of sp³-hybridized carbons (Fsp3) is 0.727. The number of ether oxygens (including phenoxy) is 2. The molecule has 0 bridgehead atoms. The van der Waals surface area contributed by atoms with Crippen LogP contribution in [0, 0.1) is 0 Å². The average molecular weight is 288 g/mol. The van der Waals surface area contributed by atoms with E-state index >= 15 is 0 Å². The Hall–Kier alpha value is -1.18. The molecule has 0 radical (unpaired) electrons. The SMILES string of the molecule is CN(C)CCOc1nc(Cl)nc(N2CCOCC2)n1. The predicted molar refractivity (Wildman–Crippen MR) is 71.9 cm³/mol. The van der Waals surface area contributed by atoms with Gasteiger partial charge in [0, 0.05) is 19.6 Å². The molecule has 106 valence electrons. The second-order valence-electron chi connectivity index (χ2n) is 4.44. The highest BCUT2D eigenvalue weighted by atomic mass is 35.5. The zero-order valence-corrected chi connectivity index (χ0v) is 11.9. The second kappa shape index (κ2) is 6.83. The molecule has 1 aliphatic rings. The first-order chi connectivity index (χ1) is 9.15. The summed E-state index contributed by atoms with van der Waals surface area (Å²) in [5, 5.41) is 0.149. The van der Waals surface area contributed by atoms with Crippen LogP contribution in [0.2, 0.25) is 5.28 Å². The number of morpholine rings is 1. The van der Waals surface area contributed by atoms with Crippen LogP contribution in [0.3, 0.4) is 0 Å². The molecule has 1 aromatic heterocycles. The van der Waals surface area contributed by atoms with Gasteiger partial charge < -0.3 is 19.3 Å². The van der Waals surface area contributed by atoms with E-state index < -0.39 is 0 Å². The lowest BCUT2D eigenvalue weighted by Gasteiger charge is -2.26. The lowest BCUT2D eigenvalue weighted by molar-refractivity contribution is 0.122. The fourth-order valence-corrected chi connectivity index (χ4v) is 1.76. The highest BCUT2D eigenvalue weighted by molar-refractivity contribution is 6.28. The average Bonchev–Trinajstić information content (AvgIpc) is 2.39. The van der Waals surface area contributed by atoms with E-state index in [1.807, 2.05) is 23.9 Å². The number of hydrogen-bond donors (Lipinski definition) is 0. The van der Waals surface area contributed by atoms with Crippen LogP contribution in [0.4, 0.5) is 5.95 Å². The molecule has 1 saturated heterocycles. The highest BCUT2D eigenvalue weighted by Gasteiger charge is 2.16. The van der Waals surface area contributed by atoms with Crippen LogP contribution < -0.4 is 9.64 Å². The summed E-state index contributed by atoms with van der Waals surface area (Å²) in [4.78, 5) is 16.4. The number of rotatable bonds is 5. The molecule has 0 aromatic carbocycles. The molecule has 1 aromatic rings. The van der Waals surface area contributed by atoms with E-state index in [4.69, 9.17) is 21.1 Å². The van der Waals surface area contributed by atoms with Gasteiger partial charge in [0.25, 0.3) is 0 Å². The molecule has 0 atom stereocenters. The van der Waals surface area contributed by atoms with Crippen molar-refractivity contribution in [3.63, 3.8) is 0 Å². The largest absolute Gasteiger partial charge is 0.462 e. The van der Waals surface area contributed by atoms with Gasteiger partial charge in [-0.2, -0.15) is 15.0 Å². The molecule has 0 aliphatic carbocycles. The predicted octanol–water partition coefficient (Wildman–Crippen LogP) is 0.302. The Kier molecular flexibility index (Phi) is 5.12. The summed E-state index contributed by atoms with van der Waals surface area (Å²) < 4.78 is 10.8. The monoisotopic (exact) mass is 287 g/mol. The van der Waals surface area contributed by atoms with Crippen molar-refractivity contribution in [2.24, 2.45) is 0 Å². The molecule has 7 nitrogen and oxygen atoms in total. The van der Waals surface area contributed by atoms with Gasteiger partial charge in [-0.05, 0) is 25.7 Å². The van der Waals surface area contributed by atoms with Crippen LogP contribution in [0.25, 0.3) is 0 Å². The maximum Gasteiger partial charge on any atom is 0.322 e. The number of anilines is 1. The van der Waals surface area contributed by atoms with Gasteiger partial charge in [0.15, 0.2) is 0 Å². The van der Waals surface area contributed by atoms with Gasteiger partial charge in [0.05, 0.1) is 13.2 Å². The number of halogens is 1. The van der Waals surface area contributed by atoms with Crippen molar-refractivity contribution in [3.05, 3.63) is 5.28 Å². The molecule has 2 heterocycles. The fourth-order valence-electron chi connectivity index (χ4n) is 1.61. The zero-order valence-electron chi connectivity index (χ0n) is 11.2. The molecule has 1 fully saturated rings. The summed E-state index contributed by atoms with van der Waals surface area (Å²) in [6, 6.07) is 0.267. The molecule has 0 spiro atoms. The molecule has 1 aliphatic heterocycles. The van der Waals surface area contributed by atoms with Crippen molar-refractivity contribution in [1.82, 2.24) is 19.9 Å². The summed E-state index contributed by atoms with van der Waals surface area (Å²) in [5.41, 5.74) is 0. The van der Waals surface area contributed by atoms with Crippen LogP contribution >= 0.6 is 11.6 Å². The molecule has 2 rings (SSSR count). The van der Waals surface area contributed by atoms with Crippen LogP contribution in [0.5, 0.6) is 6.01 Å². The molecular weight excluding hydrogens is 270 g/mol. The van der Waals surface area contributed by atoms with E-state index in [2.05, 4.69) is 15.0 Å². The van der Waals surface area contributed by atoms with Gasteiger partial charge >= 0.3 is 6.01 Å². The lowest BCUT2D eigenvalue weighted by atomic mass is 10.4. The molecule has 0 amide bonds. The third kappa shape index (κ3) is 4.45. The van der Waals surface area contributed by atoms with Gasteiger partial charge in [-0.1, -0.05) is 0 Å². The van der Waals surface area contributed by atoms with E-state index in [0.717, 1.165) is 19.6 Å². The normalized spacial score (nSPS) is 15.9.